The zero-order valence-electron chi connectivity index (χ0n) is 12.9. The van der Waals surface area contributed by atoms with Gasteiger partial charge in [-0.05, 0) is 49.3 Å². The Balaban J connectivity index is 1.71. The topological polar surface area (TPSA) is 65.2 Å². The number of aromatic nitrogens is 1. The van der Waals surface area contributed by atoms with Gasteiger partial charge in [0.05, 0.1) is 6.42 Å². The third-order valence-corrected chi connectivity index (χ3v) is 5.22. The number of fused-ring (bicyclic) bond motifs is 1. The Labute approximate surface area is 143 Å². The van der Waals surface area contributed by atoms with Gasteiger partial charge in [-0.25, -0.2) is 0 Å². The number of hydrogen-bond acceptors (Lipinski definition) is 4. The monoisotopic (exact) mass is 347 g/mol. The maximum absolute atomic E-state index is 12.2. The van der Waals surface area contributed by atoms with Gasteiger partial charge in [0.25, 0.3) is 0 Å². The van der Waals surface area contributed by atoms with E-state index in [0.717, 1.165) is 33.9 Å². The highest BCUT2D eigenvalue weighted by molar-refractivity contribution is 7.73. The Kier molecular flexibility index (Phi) is 4.32. The summed E-state index contributed by atoms with van der Waals surface area (Å²) in [6, 6.07) is 5.68. The van der Waals surface area contributed by atoms with Gasteiger partial charge in [0.2, 0.25) is 11.8 Å². The molecule has 7 heteroatoms. The smallest absolute Gasteiger partial charge is 0.229 e. The number of amides is 2. The summed E-state index contributed by atoms with van der Waals surface area (Å²) >= 11 is 6.52. The normalized spacial score (nSPS) is 13.0. The zero-order chi connectivity index (χ0) is 16.6. The molecule has 0 saturated heterocycles. The second kappa shape index (κ2) is 6.25. The summed E-state index contributed by atoms with van der Waals surface area (Å²) in [6.07, 6.45) is 1.12. The van der Waals surface area contributed by atoms with Gasteiger partial charge in [0.1, 0.15) is 0 Å². The fourth-order valence-electron chi connectivity index (χ4n) is 2.76. The molecule has 0 unspecified atom stereocenters. The van der Waals surface area contributed by atoms with E-state index in [1.165, 1.54) is 11.3 Å². The lowest BCUT2D eigenvalue weighted by atomic mass is 10.1. The van der Waals surface area contributed by atoms with Crippen molar-refractivity contribution < 1.29 is 9.59 Å². The summed E-state index contributed by atoms with van der Waals surface area (Å²) in [5.41, 5.74) is 3.73. The first-order chi connectivity index (χ1) is 10.9. The summed E-state index contributed by atoms with van der Waals surface area (Å²) in [5.74, 6) is -0.0237. The van der Waals surface area contributed by atoms with Crippen LogP contribution in [0.2, 0.25) is 0 Å². The Hall–Kier alpha value is -1.99. The third kappa shape index (κ3) is 3.35. The molecule has 1 aliphatic heterocycles. The van der Waals surface area contributed by atoms with Crippen LogP contribution in [-0.4, -0.2) is 23.3 Å². The molecule has 1 aromatic heterocycles. The molecule has 0 spiro atoms. The number of benzene rings is 1. The third-order valence-electron chi connectivity index (χ3n) is 3.88. The molecule has 23 heavy (non-hydrogen) atoms. The Morgan fingerprint density at radius 1 is 1.43 bits per heavy atom. The van der Waals surface area contributed by atoms with Crippen LogP contribution >= 0.6 is 23.6 Å². The molecule has 0 atom stereocenters. The SMILES string of the molecule is CC(=O)N1CCc2cc(NC(=O)Cc3sc(=S)[nH]c3C)ccc21. The number of carbonyl (C=O) groups excluding carboxylic acids is 2. The van der Waals surface area contributed by atoms with Crippen LogP contribution in [0.25, 0.3) is 0 Å². The molecular formula is C16H17N3O2S2. The standard InChI is InChI=1S/C16H17N3O2S2/c1-9-14(23-16(22)17-9)8-15(21)18-12-3-4-13-11(7-12)5-6-19(13)10(2)20/h3-4,7H,5-6,8H2,1-2H3,(H,17,22)(H,18,21). The van der Waals surface area contributed by atoms with Gasteiger partial charge in [-0.3, -0.25) is 9.59 Å². The highest BCUT2D eigenvalue weighted by Gasteiger charge is 2.22. The molecule has 0 aliphatic carbocycles. The number of carbonyl (C=O) groups is 2. The molecule has 5 nitrogen and oxygen atoms in total. The summed E-state index contributed by atoms with van der Waals surface area (Å²) in [5, 5.41) is 2.92. The quantitative estimate of drug-likeness (QED) is 0.838. The van der Waals surface area contributed by atoms with E-state index in [2.05, 4.69) is 10.3 Å². The molecule has 2 amide bonds. The molecule has 3 rings (SSSR count). The number of H-pyrrole nitrogens is 1. The number of nitrogens with zero attached hydrogens (tertiary/aromatic N) is 1. The van der Waals surface area contributed by atoms with Crippen molar-refractivity contribution in [1.82, 2.24) is 4.98 Å². The van der Waals surface area contributed by atoms with Gasteiger partial charge in [-0.1, -0.05) is 0 Å². The van der Waals surface area contributed by atoms with Crippen LogP contribution in [0.1, 0.15) is 23.1 Å². The lowest BCUT2D eigenvalue weighted by molar-refractivity contribution is -0.117. The van der Waals surface area contributed by atoms with E-state index in [4.69, 9.17) is 12.2 Å². The lowest BCUT2D eigenvalue weighted by Crippen LogP contribution is -2.25. The first-order valence-corrected chi connectivity index (χ1v) is 8.56. The molecule has 1 aromatic carbocycles. The molecule has 120 valence electrons. The molecule has 0 radical (unpaired) electrons. The first-order valence-electron chi connectivity index (χ1n) is 7.33. The van der Waals surface area contributed by atoms with E-state index < -0.39 is 0 Å². The zero-order valence-corrected chi connectivity index (χ0v) is 14.6. The minimum absolute atomic E-state index is 0.0460. The van der Waals surface area contributed by atoms with Gasteiger partial charge in [-0.15, -0.1) is 11.3 Å². The summed E-state index contributed by atoms with van der Waals surface area (Å²) in [6.45, 7) is 4.19. The van der Waals surface area contributed by atoms with Crippen LogP contribution in [0.3, 0.4) is 0 Å². The number of thiazole rings is 1. The van der Waals surface area contributed by atoms with Crippen molar-refractivity contribution in [3.63, 3.8) is 0 Å². The molecule has 0 bridgehead atoms. The Bertz CT molecular complexity index is 838. The molecule has 0 fully saturated rings. The minimum Gasteiger partial charge on any atom is -0.341 e. The van der Waals surface area contributed by atoms with Gasteiger partial charge in [0, 0.05) is 35.4 Å². The van der Waals surface area contributed by atoms with Crippen molar-refractivity contribution in [2.24, 2.45) is 0 Å². The number of nitrogens with one attached hydrogen (secondary N) is 2. The van der Waals surface area contributed by atoms with Gasteiger partial charge in [-0.2, -0.15) is 0 Å². The van der Waals surface area contributed by atoms with Crippen molar-refractivity contribution in [1.29, 1.82) is 0 Å². The predicted octanol–water partition coefficient (Wildman–Crippen LogP) is 3.20. The van der Waals surface area contributed by atoms with Crippen LogP contribution in [0.4, 0.5) is 11.4 Å². The van der Waals surface area contributed by atoms with E-state index >= 15 is 0 Å². The van der Waals surface area contributed by atoms with E-state index in [-0.39, 0.29) is 11.8 Å². The lowest BCUT2D eigenvalue weighted by Gasteiger charge is -2.15. The first kappa shape index (κ1) is 15.9. The second-order valence-electron chi connectivity index (χ2n) is 5.55. The van der Waals surface area contributed by atoms with Crippen LogP contribution in [0.15, 0.2) is 18.2 Å². The van der Waals surface area contributed by atoms with Crippen LogP contribution in [0.5, 0.6) is 0 Å². The fourth-order valence-corrected chi connectivity index (χ4v) is 4.05. The average Bonchev–Trinajstić information content (AvgIpc) is 3.02. The summed E-state index contributed by atoms with van der Waals surface area (Å²) in [4.78, 5) is 29.5. The molecule has 0 saturated carbocycles. The number of rotatable bonds is 3. The molecule has 2 aromatic rings. The molecule has 1 aliphatic rings. The number of hydrogen-bond donors (Lipinski definition) is 2. The van der Waals surface area contributed by atoms with Gasteiger partial charge in [0.15, 0.2) is 3.95 Å². The summed E-state index contributed by atoms with van der Waals surface area (Å²) < 4.78 is 0.687. The highest BCUT2D eigenvalue weighted by atomic mass is 32.1. The van der Waals surface area contributed by atoms with E-state index in [1.54, 1.807) is 11.8 Å². The van der Waals surface area contributed by atoms with E-state index in [0.29, 0.717) is 16.9 Å². The van der Waals surface area contributed by atoms with Crippen molar-refractivity contribution in [3.05, 3.63) is 38.3 Å². The van der Waals surface area contributed by atoms with Gasteiger partial charge < -0.3 is 15.2 Å². The molecule has 2 heterocycles. The van der Waals surface area contributed by atoms with E-state index in [9.17, 15) is 9.59 Å². The van der Waals surface area contributed by atoms with Crippen molar-refractivity contribution in [2.75, 3.05) is 16.8 Å². The largest absolute Gasteiger partial charge is 0.341 e. The van der Waals surface area contributed by atoms with Crippen LogP contribution in [0, 0.1) is 10.9 Å². The fraction of sp³-hybridized carbons (Fsp3) is 0.312. The van der Waals surface area contributed by atoms with Crippen LogP contribution < -0.4 is 10.2 Å². The molecular weight excluding hydrogens is 330 g/mol. The number of anilines is 2. The molecule has 2 N–H and O–H groups in total. The highest BCUT2D eigenvalue weighted by Crippen LogP contribution is 2.30. The maximum atomic E-state index is 12.2. The Morgan fingerprint density at radius 3 is 2.87 bits per heavy atom. The van der Waals surface area contributed by atoms with Crippen LogP contribution in [-0.2, 0) is 22.4 Å². The van der Waals surface area contributed by atoms with E-state index in [1.807, 2.05) is 25.1 Å². The maximum Gasteiger partial charge on any atom is 0.229 e. The second-order valence-corrected chi connectivity index (χ2v) is 7.32. The number of aryl methyl sites for hydroxylation is 1. The van der Waals surface area contributed by atoms with Crippen molar-refractivity contribution in [3.8, 4) is 0 Å². The summed E-state index contributed by atoms with van der Waals surface area (Å²) in [7, 11) is 0. The number of aromatic amines is 1. The Morgan fingerprint density at radius 2 is 2.22 bits per heavy atom. The predicted molar refractivity (Wildman–Crippen MR) is 94.7 cm³/mol. The average molecular weight is 347 g/mol. The minimum atomic E-state index is -0.0697. The van der Waals surface area contributed by atoms with Crippen molar-refractivity contribution >= 4 is 46.7 Å². The van der Waals surface area contributed by atoms with Gasteiger partial charge >= 0.3 is 0 Å². The van der Waals surface area contributed by atoms with Crippen molar-refractivity contribution in [2.45, 2.75) is 26.7 Å².